The van der Waals surface area contributed by atoms with Crippen LogP contribution in [0.2, 0.25) is 0 Å². The van der Waals surface area contributed by atoms with Crippen molar-refractivity contribution in [1.29, 1.82) is 0 Å². The fourth-order valence-electron chi connectivity index (χ4n) is 3.48. The third-order valence-electron chi connectivity index (χ3n) is 4.91. The lowest BCUT2D eigenvalue weighted by molar-refractivity contribution is 0.0696. The monoisotopic (exact) mass is 426 g/mol. The molecule has 4 aromatic rings. The molecule has 0 fully saturated rings. The van der Waals surface area contributed by atoms with Crippen LogP contribution >= 0.6 is 0 Å². The number of urea groups is 1. The molecule has 2 amide bonds. The number of rotatable bonds is 5. The summed E-state index contributed by atoms with van der Waals surface area (Å²) in [4.78, 5) is 35.0. The van der Waals surface area contributed by atoms with Gasteiger partial charge in [0.2, 0.25) is 0 Å². The molecule has 0 saturated carbocycles. The van der Waals surface area contributed by atoms with E-state index >= 15 is 0 Å². The minimum absolute atomic E-state index is 0.0602. The van der Waals surface area contributed by atoms with Crippen molar-refractivity contribution < 1.29 is 24.6 Å². The highest BCUT2D eigenvalue weighted by atomic mass is 16.4. The van der Waals surface area contributed by atoms with Crippen molar-refractivity contribution >= 4 is 40.1 Å². The number of anilines is 2. The Balaban J connectivity index is 1.58. The van der Waals surface area contributed by atoms with Crippen molar-refractivity contribution in [2.75, 3.05) is 10.6 Å². The Morgan fingerprint density at radius 1 is 0.625 bits per heavy atom. The standard InChI is InChI=1S/C25H18N2O5/c28-23(29)17-11-18(24(30)31)14-20(13-17)27-25(32)26-19-8-3-7-16(12-19)22-10-4-6-15-5-1-2-9-21(15)22/h1-14H,(H,28,29)(H,30,31)(H2,26,27,32). The summed E-state index contributed by atoms with van der Waals surface area (Å²) in [7, 11) is 0. The molecule has 7 heteroatoms. The number of carboxylic acids is 2. The molecular weight excluding hydrogens is 408 g/mol. The van der Waals surface area contributed by atoms with Crippen molar-refractivity contribution in [2.45, 2.75) is 0 Å². The van der Waals surface area contributed by atoms with E-state index in [4.69, 9.17) is 0 Å². The lowest BCUT2D eigenvalue weighted by Gasteiger charge is -2.11. The summed E-state index contributed by atoms with van der Waals surface area (Å²) < 4.78 is 0. The molecule has 4 rings (SSSR count). The molecule has 0 bridgehead atoms. The summed E-state index contributed by atoms with van der Waals surface area (Å²) in [6, 6.07) is 24.1. The highest BCUT2D eigenvalue weighted by molar-refractivity contribution is 6.03. The van der Waals surface area contributed by atoms with Gasteiger partial charge in [0.05, 0.1) is 11.1 Å². The zero-order valence-electron chi connectivity index (χ0n) is 16.7. The van der Waals surface area contributed by atoms with E-state index in [0.717, 1.165) is 28.0 Å². The lowest BCUT2D eigenvalue weighted by Crippen LogP contribution is -2.20. The first-order chi connectivity index (χ1) is 15.4. The number of carboxylic acid groups (broad SMARTS) is 2. The summed E-state index contributed by atoms with van der Waals surface area (Å²) in [5, 5.41) is 25.7. The predicted molar refractivity (Wildman–Crippen MR) is 122 cm³/mol. The van der Waals surface area contributed by atoms with Crippen molar-refractivity contribution in [3.8, 4) is 11.1 Å². The van der Waals surface area contributed by atoms with Gasteiger partial charge in [-0.05, 0) is 52.2 Å². The fraction of sp³-hybridized carbons (Fsp3) is 0. The molecule has 0 saturated heterocycles. The van der Waals surface area contributed by atoms with Gasteiger partial charge in [-0.15, -0.1) is 0 Å². The Hall–Kier alpha value is -4.65. The second-order valence-corrected chi connectivity index (χ2v) is 7.10. The SMILES string of the molecule is O=C(Nc1cc(C(=O)O)cc(C(=O)O)c1)Nc1cccc(-c2cccc3ccccc23)c1. The third-order valence-corrected chi connectivity index (χ3v) is 4.91. The van der Waals surface area contributed by atoms with Crippen LogP contribution < -0.4 is 10.6 Å². The zero-order valence-corrected chi connectivity index (χ0v) is 16.7. The molecule has 0 aliphatic rings. The van der Waals surface area contributed by atoms with E-state index in [1.54, 1.807) is 6.07 Å². The van der Waals surface area contributed by atoms with Crippen LogP contribution in [0.25, 0.3) is 21.9 Å². The second-order valence-electron chi connectivity index (χ2n) is 7.10. The highest BCUT2D eigenvalue weighted by Crippen LogP contribution is 2.30. The molecule has 0 aromatic heterocycles. The number of nitrogens with one attached hydrogen (secondary N) is 2. The van der Waals surface area contributed by atoms with Crippen LogP contribution in [-0.4, -0.2) is 28.2 Å². The maximum atomic E-state index is 12.5. The van der Waals surface area contributed by atoms with Gasteiger partial charge >= 0.3 is 18.0 Å². The largest absolute Gasteiger partial charge is 0.478 e. The Bertz CT molecular complexity index is 1330. The molecule has 0 spiro atoms. The van der Waals surface area contributed by atoms with Crippen LogP contribution in [0, 0.1) is 0 Å². The van der Waals surface area contributed by atoms with Crippen LogP contribution in [0.3, 0.4) is 0 Å². The van der Waals surface area contributed by atoms with E-state index in [-0.39, 0.29) is 16.8 Å². The molecule has 0 atom stereocenters. The molecule has 7 nitrogen and oxygen atoms in total. The van der Waals surface area contributed by atoms with Crippen molar-refractivity contribution in [3.63, 3.8) is 0 Å². The van der Waals surface area contributed by atoms with Gasteiger partial charge in [-0.25, -0.2) is 14.4 Å². The number of carbonyl (C=O) groups excluding carboxylic acids is 1. The Morgan fingerprint density at radius 2 is 1.25 bits per heavy atom. The van der Waals surface area contributed by atoms with E-state index in [0.29, 0.717) is 5.69 Å². The van der Waals surface area contributed by atoms with Crippen LogP contribution in [0.15, 0.2) is 84.9 Å². The molecule has 0 radical (unpaired) electrons. The van der Waals surface area contributed by atoms with Gasteiger partial charge < -0.3 is 20.8 Å². The van der Waals surface area contributed by atoms with Crippen LogP contribution in [0.5, 0.6) is 0 Å². The van der Waals surface area contributed by atoms with Gasteiger partial charge in [0.1, 0.15) is 0 Å². The molecule has 4 N–H and O–H groups in total. The maximum Gasteiger partial charge on any atom is 0.335 e. The maximum absolute atomic E-state index is 12.5. The molecule has 158 valence electrons. The van der Waals surface area contributed by atoms with E-state index in [1.165, 1.54) is 12.1 Å². The first kappa shape index (κ1) is 20.6. The third kappa shape index (κ3) is 4.41. The van der Waals surface area contributed by atoms with E-state index in [2.05, 4.69) is 10.6 Å². The molecule has 0 aliphatic heterocycles. The number of fused-ring (bicyclic) bond motifs is 1. The number of aromatic carboxylic acids is 2. The number of carbonyl (C=O) groups is 3. The van der Waals surface area contributed by atoms with Gasteiger partial charge in [-0.3, -0.25) is 0 Å². The fourth-order valence-corrected chi connectivity index (χ4v) is 3.48. The Kier molecular flexibility index (Phi) is 5.55. The van der Waals surface area contributed by atoms with Gasteiger partial charge in [0.25, 0.3) is 0 Å². The summed E-state index contributed by atoms with van der Waals surface area (Å²) in [6.07, 6.45) is 0. The minimum Gasteiger partial charge on any atom is -0.478 e. The minimum atomic E-state index is -1.29. The van der Waals surface area contributed by atoms with Crippen molar-refractivity contribution in [3.05, 3.63) is 96.1 Å². The van der Waals surface area contributed by atoms with Crippen LogP contribution in [0.1, 0.15) is 20.7 Å². The van der Waals surface area contributed by atoms with Crippen LogP contribution in [-0.2, 0) is 0 Å². The smallest absolute Gasteiger partial charge is 0.335 e. The van der Waals surface area contributed by atoms with Gasteiger partial charge in [0.15, 0.2) is 0 Å². The molecule has 32 heavy (non-hydrogen) atoms. The summed E-state index contributed by atoms with van der Waals surface area (Å²) >= 11 is 0. The summed E-state index contributed by atoms with van der Waals surface area (Å²) in [5.41, 5.74) is 2.05. The quantitative estimate of drug-likeness (QED) is 0.334. The van der Waals surface area contributed by atoms with E-state index in [1.807, 2.05) is 60.7 Å². The topological polar surface area (TPSA) is 116 Å². The number of amides is 2. The van der Waals surface area contributed by atoms with Gasteiger partial charge in [-0.1, -0.05) is 54.6 Å². The highest BCUT2D eigenvalue weighted by Gasteiger charge is 2.13. The Morgan fingerprint density at radius 3 is 1.97 bits per heavy atom. The second kappa shape index (κ2) is 8.61. The van der Waals surface area contributed by atoms with E-state index in [9.17, 15) is 24.6 Å². The van der Waals surface area contributed by atoms with Crippen molar-refractivity contribution in [1.82, 2.24) is 0 Å². The number of benzene rings is 4. The van der Waals surface area contributed by atoms with Gasteiger partial charge in [0, 0.05) is 11.4 Å². The van der Waals surface area contributed by atoms with E-state index < -0.39 is 18.0 Å². The predicted octanol–water partition coefficient (Wildman–Crippen LogP) is 5.55. The molecule has 4 aromatic carbocycles. The number of hydrogen-bond acceptors (Lipinski definition) is 3. The summed E-state index contributed by atoms with van der Waals surface area (Å²) in [5.74, 6) is -2.58. The first-order valence-electron chi connectivity index (χ1n) is 9.68. The number of hydrogen-bond donors (Lipinski definition) is 4. The zero-order chi connectivity index (χ0) is 22.7. The van der Waals surface area contributed by atoms with Gasteiger partial charge in [-0.2, -0.15) is 0 Å². The Labute approximate surface area is 182 Å². The molecule has 0 heterocycles. The van der Waals surface area contributed by atoms with Crippen molar-refractivity contribution in [2.24, 2.45) is 0 Å². The molecular formula is C25H18N2O5. The van der Waals surface area contributed by atoms with Crippen LogP contribution in [0.4, 0.5) is 16.2 Å². The first-order valence-corrected chi connectivity index (χ1v) is 9.68. The molecule has 0 unspecified atom stereocenters. The molecule has 0 aliphatic carbocycles. The normalized spacial score (nSPS) is 10.5. The lowest BCUT2D eigenvalue weighted by atomic mass is 9.98. The average molecular weight is 426 g/mol. The average Bonchev–Trinajstić information content (AvgIpc) is 2.78. The summed E-state index contributed by atoms with van der Waals surface area (Å²) in [6.45, 7) is 0.